The highest BCUT2D eigenvalue weighted by atomic mass is 16.6. The van der Waals surface area contributed by atoms with E-state index in [4.69, 9.17) is 28.4 Å². The Balaban J connectivity index is 1.22. The van der Waals surface area contributed by atoms with Crippen LogP contribution in [0.5, 0.6) is 0 Å². The first-order valence-corrected chi connectivity index (χ1v) is 19.4. The molecule has 2 saturated heterocycles. The Labute approximate surface area is 322 Å². The average Bonchev–Trinajstić information content (AvgIpc) is 3.21. The van der Waals surface area contributed by atoms with Crippen molar-refractivity contribution in [1.29, 1.82) is 0 Å². The average molecular weight is 727 g/mol. The first-order valence-electron chi connectivity index (χ1n) is 19.4. The van der Waals surface area contributed by atoms with Crippen molar-refractivity contribution in [2.45, 2.75) is 103 Å². The van der Waals surface area contributed by atoms with Gasteiger partial charge in [-0.3, -0.25) is 0 Å². The molecule has 0 amide bonds. The molecule has 0 spiro atoms. The highest BCUT2D eigenvalue weighted by Gasteiger charge is 2.45. The third kappa shape index (κ3) is 10.9. The monoisotopic (exact) mass is 726 g/mol. The predicted molar refractivity (Wildman–Crippen MR) is 212 cm³/mol. The van der Waals surface area contributed by atoms with Gasteiger partial charge in [0.15, 0.2) is 0 Å². The van der Waals surface area contributed by atoms with Crippen molar-refractivity contribution in [3.63, 3.8) is 0 Å². The zero-order chi connectivity index (χ0) is 37.5. The molecular formula is C48H54O6. The molecular weight excluding hydrogens is 673 g/mol. The first kappa shape index (κ1) is 39.5. The Bertz CT molecular complexity index is 1790. The zero-order valence-corrected chi connectivity index (χ0v) is 32.0. The van der Waals surface area contributed by atoms with Gasteiger partial charge < -0.3 is 28.4 Å². The van der Waals surface area contributed by atoms with Crippen LogP contribution in [0, 0.1) is 41.4 Å². The summed E-state index contributed by atoms with van der Waals surface area (Å²) < 4.78 is 39.5. The van der Waals surface area contributed by atoms with Gasteiger partial charge >= 0.3 is 0 Å². The fourth-order valence-corrected chi connectivity index (χ4v) is 7.33. The second-order valence-corrected chi connectivity index (χ2v) is 14.5. The lowest BCUT2D eigenvalue weighted by molar-refractivity contribution is -0.231. The van der Waals surface area contributed by atoms with Gasteiger partial charge in [-0.1, -0.05) is 161 Å². The maximum absolute atomic E-state index is 6.76. The second kappa shape index (κ2) is 20.4. The fraction of sp³-hybridized carbons (Fsp3) is 0.417. The molecule has 0 unspecified atom stereocenters. The van der Waals surface area contributed by atoms with Gasteiger partial charge in [-0.25, -0.2) is 0 Å². The molecule has 4 aromatic rings. The molecule has 0 radical (unpaired) electrons. The highest BCUT2D eigenvalue weighted by Crippen LogP contribution is 2.35. The van der Waals surface area contributed by atoms with Crippen LogP contribution in [0.2, 0.25) is 0 Å². The smallest absolute Gasteiger partial charge is 0.145 e. The molecule has 0 N–H and O–H groups in total. The zero-order valence-electron chi connectivity index (χ0n) is 32.0. The minimum absolute atomic E-state index is 0.109. The van der Waals surface area contributed by atoms with Crippen molar-refractivity contribution in [3.05, 3.63) is 144 Å². The van der Waals surface area contributed by atoms with Crippen LogP contribution in [-0.2, 0) is 54.8 Å². The summed E-state index contributed by atoms with van der Waals surface area (Å²) in [7, 11) is 0. The number of hydrogen-bond acceptors (Lipinski definition) is 6. The molecule has 0 aromatic heterocycles. The van der Waals surface area contributed by atoms with Crippen molar-refractivity contribution in [2.24, 2.45) is 17.8 Å². The molecule has 2 aliphatic rings. The van der Waals surface area contributed by atoms with Crippen LogP contribution in [0.25, 0.3) is 0 Å². The van der Waals surface area contributed by atoms with Gasteiger partial charge in [-0.15, -0.1) is 0 Å². The number of ether oxygens (including phenoxy) is 6. The van der Waals surface area contributed by atoms with Crippen LogP contribution in [0.1, 0.15) is 56.4 Å². The van der Waals surface area contributed by atoms with Crippen molar-refractivity contribution >= 4 is 0 Å². The van der Waals surface area contributed by atoms with Crippen LogP contribution in [0.4, 0.5) is 0 Å². The van der Waals surface area contributed by atoms with E-state index < -0.39 is 18.3 Å². The lowest BCUT2D eigenvalue weighted by Gasteiger charge is -2.44. The molecule has 6 nitrogen and oxygen atoms in total. The summed E-state index contributed by atoms with van der Waals surface area (Å²) in [5.41, 5.74) is 4.39. The quantitative estimate of drug-likeness (QED) is 0.121. The summed E-state index contributed by atoms with van der Waals surface area (Å²) in [6, 6.07) is 40.8. The summed E-state index contributed by atoms with van der Waals surface area (Å²) >= 11 is 0. The van der Waals surface area contributed by atoms with E-state index in [0.29, 0.717) is 39.0 Å². The Kier molecular flexibility index (Phi) is 14.9. The van der Waals surface area contributed by atoms with E-state index in [0.717, 1.165) is 28.7 Å². The van der Waals surface area contributed by atoms with Gasteiger partial charge in [0.1, 0.15) is 24.4 Å². The molecule has 4 aromatic carbocycles. The van der Waals surface area contributed by atoms with E-state index in [1.54, 1.807) is 0 Å². The summed E-state index contributed by atoms with van der Waals surface area (Å²) in [6.07, 6.45) is -1.13. The molecule has 282 valence electrons. The minimum Gasteiger partial charge on any atom is -0.374 e. The van der Waals surface area contributed by atoms with Gasteiger partial charge in [0.2, 0.25) is 0 Å². The van der Waals surface area contributed by atoms with E-state index in [-0.39, 0.29) is 36.3 Å². The van der Waals surface area contributed by atoms with Crippen LogP contribution >= 0.6 is 0 Å². The Morgan fingerprint density at radius 1 is 0.463 bits per heavy atom. The van der Waals surface area contributed by atoms with E-state index in [9.17, 15) is 0 Å². The van der Waals surface area contributed by atoms with Crippen molar-refractivity contribution in [3.8, 4) is 23.7 Å². The molecule has 0 bridgehead atoms. The molecule has 0 saturated carbocycles. The predicted octanol–water partition coefficient (Wildman–Crippen LogP) is 8.82. The maximum Gasteiger partial charge on any atom is 0.145 e. The van der Waals surface area contributed by atoms with Gasteiger partial charge in [0, 0.05) is 5.92 Å². The standard InChI is InChI=1S/C48H54O6/c1-5-42-35(2)36(3)46(50-31-39-22-12-7-13-23-39)44(53-42)29-19-18-28-43-37(4)47(51-32-40-24-14-8-15-25-40)48(52-33-41-26-16-9-17-27-41)45(54-43)34-49-30-38-20-10-6-11-21-38/h6-17,20-27,35-37,42-48H,5,30-34H2,1-4H3/t35-,36-,37+,42+,43+,44+,45+,46-,47+,48+/m0/s1. The molecule has 0 aliphatic carbocycles. The normalized spacial score (nSPS) is 27.9. The van der Waals surface area contributed by atoms with Crippen LogP contribution in [0.3, 0.4) is 0 Å². The lowest BCUT2D eigenvalue weighted by Crippen LogP contribution is -2.56. The molecule has 2 aliphatic heterocycles. The van der Waals surface area contributed by atoms with Gasteiger partial charge in [0.25, 0.3) is 0 Å². The van der Waals surface area contributed by atoms with E-state index in [1.165, 1.54) is 0 Å². The molecule has 2 fully saturated rings. The van der Waals surface area contributed by atoms with E-state index in [2.05, 4.69) is 99.9 Å². The minimum atomic E-state index is -0.457. The Morgan fingerprint density at radius 3 is 1.39 bits per heavy atom. The van der Waals surface area contributed by atoms with Crippen molar-refractivity contribution in [2.75, 3.05) is 6.61 Å². The largest absolute Gasteiger partial charge is 0.374 e. The molecule has 6 heteroatoms. The van der Waals surface area contributed by atoms with Crippen molar-refractivity contribution in [1.82, 2.24) is 0 Å². The van der Waals surface area contributed by atoms with Gasteiger partial charge in [-0.05, 0) is 52.4 Å². The summed E-state index contributed by atoms with van der Waals surface area (Å²) in [5, 5.41) is 0. The van der Waals surface area contributed by atoms with Gasteiger partial charge in [0.05, 0.1) is 51.3 Å². The third-order valence-corrected chi connectivity index (χ3v) is 10.7. The topological polar surface area (TPSA) is 55.4 Å². The fourth-order valence-electron chi connectivity index (χ4n) is 7.33. The molecule has 54 heavy (non-hydrogen) atoms. The van der Waals surface area contributed by atoms with Crippen LogP contribution in [-0.4, -0.2) is 49.3 Å². The highest BCUT2D eigenvalue weighted by molar-refractivity contribution is 5.31. The number of benzene rings is 4. The first-order chi connectivity index (χ1) is 26.5. The van der Waals surface area contributed by atoms with Crippen molar-refractivity contribution < 1.29 is 28.4 Å². The Morgan fingerprint density at radius 2 is 0.889 bits per heavy atom. The van der Waals surface area contributed by atoms with E-state index >= 15 is 0 Å². The summed E-state index contributed by atoms with van der Waals surface area (Å²) in [5.74, 6) is 13.5. The van der Waals surface area contributed by atoms with Crippen LogP contribution in [0.15, 0.2) is 121 Å². The summed E-state index contributed by atoms with van der Waals surface area (Å²) in [4.78, 5) is 0. The van der Waals surface area contributed by atoms with E-state index in [1.807, 2.05) is 72.8 Å². The van der Waals surface area contributed by atoms with Crippen LogP contribution < -0.4 is 0 Å². The Hall–Kier alpha value is -4.24. The number of rotatable bonds is 14. The summed E-state index contributed by atoms with van der Waals surface area (Å²) in [6.45, 7) is 10.9. The van der Waals surface area contributed by atoms with Gasteiger partial charge in [-0.2, -0.15) is 0 Å². The SMILES string of the molecule is CC[C@H]1O[C@H](C#CC#C[C@H]2O[C@H](COCc3ccccc3)[C@@H](OCc3ccccc3)[C@H](OCc3ccccc3)[C@@H]2C)[C@@H](OCc2ccccc2)[C@@H](C)[C@@H]1C. The molecule has 2 heterocycles. The second-order valence-electron chi connectivity index (χ2n) is 14.5. The molecule has 10 atom stereocenters. The number of hydrogen-bond donors (Lipinski definition) is 0. The third-order valence-electron chi connectivity index (χ3n) is 10.7. The molecule has 6 rings (SSSR count). The maximum atomic E-state index is 6.76. The lowest BCUT2D eigenvalue weighted by atomic mass is 9.80.